The van der Waals surface area contributed by atoms with E-state index in [1.165, 1.54) is 18.2 Å². The van der Waals surface area contributed by atoms with Crippen molar-refractivity contribution in [1.82, 2.24) is 10.2 Å². The molecule has 0 saturated carbocycles. The van der Waals surface area contributed by atoms with Crippen molar-refractivity contribution >= 4 is 27.4 Å². The number of hydrogen-bond acceptors (Lipinski definition) is 6. The third-order valence-corrected chi connectivity index (χ3v) is 3.77. The molecule has 1 aromatic carbocycles. The molecule has 0 aliphatic rings. The number of aromatic nitrogens is 2. The zero-order valence-corrected chi connectivity index (χ0v) is 11.0. The summed E-state index contributed by atoms with van der Waals surface area (Å²) in [5, 5.41) is 24.3. The van der Waals surface area contributed by atoms with Gasteiger partial charge in [0.15, 0.2) is 5.03 Å². The summed E-state index contributed by atoms with van der Waals surface area (Å²) in [6.45, 7) is 0. The van der Waals surface area contributed by atoms with Crippen molar-refractivity contribution in [3.63, 3.8) is 0 Å². The normalized spacial score (nSPS) is 11.0. The maximum atomic E-state index is 12.1. The van der Waals surface area contributed by atoms with Crippen LogP contribution in [-0.2, 0) is 10.0 Å². The Kier molecular flexibility index (Phi) is 3.58. The Morgan fingerprint density at radius 2 is 2.14 bits per heavy atom. The number of rotatable bonds is 5. The summed E-state index contributed by atoms with van der Waals surface area (Å²) >= 11 is 0. The molecular formula is C10H8N4O6S. The van der Waals surface area contributed by atoms with Crippen molar-refractivity contribution in [2.75, 3.05) is 4.72 Å². The van der Waals surface area contributed by atoms with E-state index in [2.05, 4.69) is 10.2 Å². The van der Waals surface area contributed by atoms with Crippen molar-refractivity contribution in [3.8, 4) is 0 Å². The van der Waals surface area contributed by atoms with Crippen LogP contribution in [0.1, 0.15) is 10.4 Å². The Labute approximate surface area is 117 Å². The highest BCUT2D eigenvalue weighted by atomic mass is 32.2. The number of carboxylic acids is 1. The van der Waals surface area contributed by atoms with Gasteiger partial charge in [0.1, 0.15) is 5.56 Å². The van der Waals surface area contributed by atoms with Gasteiger partial charge in [-0.05, 0) is 6.07 Å². The number of nitrogens with one attached hydrogen (secondary N) is 2. The van der Waals surface area contributed by atoms with Gasteiger partial charge in [0.2, 0.25) is 0 Å². The summed E-state index contributed by atoms with van der Waals surface area (Å²) in [5.74, 6) is -1.47. The highest BCUT2D eigenvalue weighted by molar-refractivity contribution is 7.92. The largest absolute Gasteiger partial charge is 0.478 e. The number of aromatic carboxylic acids is 1. The molecule has 0 fully saturated rings. The monoisotopic (exact) mass is 312 g/mol. The number of sulfonamides is 1. The third-order valence-electron chi connectivity index (χ3n) is 2.41. The fourth-order valence-corrected chi connectivity index (χ4v) is 2.66. The van der Waals surface area contributed by atoms with Gasteiger partial charge in [-0.2, -0.15) is 13.5 Å². The number of nitro groups is 1. The number of carboxylic acid groups (broad SMARTS) is 1. The Balaban J connectivity index is 2.38. The van der Waals surface area contributed by atoms with E-state index >= 15 is 0 Å². The molecule has 0 bridgehead atoms. The Bertz CT molecular complexity index is 812. The lowest BCUT2D eigenvalue weighted by Crippen LogP contribution is -2.16. The SMILES string of the molecule is O=C(O)c1cn[nH]c1S(=O)(=O)Nc1cccc([N+](=O)[O-])c1. The smallest absolute Gasteiger partial charge is 0.340 e. The fraction of sp³-hybridized carbons (Fsp3) is 0. The molecule has 11 heteroatoms. The number of carbonyl (C=O) groups is 1. The first-order chi connectivity index (χ1) is 9.81. The fourth-order valence-electron chi connectivity index (χ4n) is 1.52. The summed E-state index contributed by atoms with van der Waals surface area (Å²) in [4.78, 5) is 20.8. The van der Waals surface area contributed by atoms with Crippen molar-refractivity contribution in [1.29, 1.82) is 0 Å². The van der Waals surface area contributed by atoms with Crippen molar-refractivity contribution in [2.24, 2.45) is 0 Å². The predicted octanol–water partition coefficient (Wildman–Crippen LogP) is 0.817. The van der Waals surface area contributed by atoms with E-state index < -0.39 is 31.5 Å². The van der Waals surface area contributed by atoms with E-state index in [4.69, 9.17) is 5.11 Å². The minimum absolute atomic E-state index is 0.0739. The van der Waals surface area contributed by atoms with Crippen LogP contribution in [-0.4, -0.2) is 34.6 Å². The summed E-state index contributed by atoms with van der Waals surface area (Å²) in [7, 11) is -4.26. The zero-order valence-electron chi connectivity index (χ0n) is 10.2. The maximum absolute atomic E-state index is 12.1. The van der Waals surface area contributed by atoms with Crippen molar-refractivity contribution in [3.05, 3.63) is 46.1 Å². The molecule has 0 aliphatic heterocycles. The molecule has 110 valence electrons. The second-order valence-corrected chi connectivity index (χ2v) is 5.45. The van der Waals surface area contributed by atoms with Gasteiger partial charge in [-0.1, -0.05) is 6.07 Å². The number of aromatic amines is 1. The van der Waals surface area contributed by atoms with E-state index in [-0.39, 0.29) is 11.4 Å². The van der Waals surface area contributed by atoms with Gasteiger partial charge in [-0.25, -0.2) is 4.79 Å². The zero-order chi connectivity index (χ0) is 15.6. The molecule has 0 saturated heterocycles. The van der Waals surface area contributed by atoms with Gasteiger partial charge < -0.3 is 5.11 Å². The average molecular weight is 312 g/mol. The molecule has 10 nitrogen and oxygen atoms in total. The van der Waals surface area contributed by atoms with Gasteiger partial charge in [0.25, 0.3) is 15.7 Å². The van der Waals surface area contributed by atoms with Crippen LogP contribution < -0.4 is 4.72 Å². The number of nitro benzene ring substituents is 1. The Morgan fingerprint density at radius 3 is 2.76 bits per heavy atom. The van der Waals surface area contributed by atoms with E-state index in [1.807, 2.05) is 4.72 Å². The van der Waals surface area contributed by atoms with E-state index in [9.17, 15) is 23.3 Å². The minimum atomic E-state index is -4.26. The quantitative estimate of drug-likeness (QED) is 0.545. The lowest BCUT2D eigenvalue weighted by molar-refractivity contribution is -0.384. The second kappa shape index (κ2) is 5.20. The Morgan fingerprint density at radius 1 is 1.43 bits per heavy atom. The highest BCUT2D eigenvalue weighted by Gasteiger charge is 2.25. The minimum Gasteiger partial charge on any atom is -0.478 e. The van der Waals surface area contributed by atoms with Gasteiger partial charge in [0.05, 0.1) is 16.8 Å². The number of H-pyrrole nitrogens is 1. The Hall–Kier alpha value is -2.95. The summed E-state index contributed by atoms with van der Waals surface area (Å²) in [5.41, 5.74) is -0.915. The molecule has 0 amide bonds. The van der Waals surface area contributed by atoms with Crippen LogP contribution in [0.3, 0.4) is 0 Å². The van der Waals surface area contributed by atoms with Crippen LogP contribution in [0.25, 0.3) is 0 Å². The molecule has 0 unspecified atom stereocenters. The molecule has 2 rings (SSSR count). The van der Waals surface area contributed by atoms with Crippen LogP contribution in [0.4, 0.5) is 11.4 Å². The average Bonchev–Trinajstić information content (AvgIpc) is 2.88. The summed E-state index contributed by atoms with van der Waals surface area (Å²) in [6, 6.07) is 4.79. The lowest BCUT2D eigenvalue weighted by Gasteiger charge is -2.06. The van der Waals surface area contributed by atoms with E-state index in [1.54, 1.807) is 0 Å². The van der Waals surface area contributed by atoms with E-state index in [0.717, 1.165) is 12.3 Å². The van der Waals surface area contributed by atoms with Crippen LogP contribution >= 0.6 is 0 Å². The molecule has 0 spiro atoms. The number of anilines is 1. The highest BCUT2D eigenvalue weighted by Crippen LogP contribution is 2.21. The molecule has 1 aromatic heterocycles. The van der Waals surface area contributed by atoms with Crippen LogP contribution in [0.15, 0.2) is 35.5 Å². The van der Waals surface area contributed by atoms with Crippen LogP contribution in [0.5, 0.6) is 0 Å². The van der Waals surface area contributed by atoms with E-state index in [0.29, 0.717) is 0 Å². The third kappa shape index (κ3) is 2.97. The van der Waals surface area contributed by atoms with Gasteiger partial charge >= 0.3 is 5.97 Å². The number of benzene rings is 1. The van der Waals surface area contributed by atoms with Crippen molar-refractivity contribution < 1.29 is 23.2 Å². The topological polar surface area (TPSA) is 155 Å². The molecule has 0 atom stereocenters. The molecular weight excluding hydrogens is 304 g/mol. The first-order valence-corrected chi connectivity index (χ1v) is 6.83. The first-order valence-electron chi connectivity index (χ1n) is 5.35. The number of nitrogens with zero attached hydrogens (tertiary/aromatic N) is 2. The predicted molar refractivity (Wildman–Crippen MR) is 69.5 cm³/mol. The lowest BCUT2D eigenvalue weighted by atomic mass is 10.3. The van der Waals surface area contributed by atoms with Gasteiger partial charge in [-0.15, -0.1) is 0 Å². The molecule has 0 aliphatic carbocycles. The molecule has 3 N–H and O–H groups in total. The number of non-ortho nitro benzene ring substituents is 1. The molecule has 21 heavy (non-hydrogen) atoms. The van der Waals surface area contributed by atoms with Gasteiger partial charge in [0, 0.05) is 12.1 Å². The molecule has 2 aromatic rings. The number of hydrogen-bond donors (Lipinski definition) is 3. The second-order valence-electron chi connectivity index (χ2n) is 3.83. The van der Waals surface area contributed by atoms with Crippen LogP contribution in [0.2, 0.25) is 0 Å². The summed E-state index contributed by atoms with van der Waals surface area (Å²) in [6.07, 6.45) is 0.852. The molecule has 0 radical (unpaired) electrons. The maximum Gasteiger partial charge on any atom is 0.340 e. The first kappa shape index (κ1) is 14.5. The summed E-state index contributed by atoms with van der Waals surface area (Å²) < 4.78 is 26.2. The molecule has 1 heterocycles. The van der Waals surface area contributed by atoms with Crippen molar-refractivity contribution in [2.45, 2.75) is 5.03 Å². The van der Waals surface area contributed by atoms with Gasteiger partial charge in [-0.3, -0.25) is 19.9 Å². The van der Waals surface area contributed by atoms with Crippen LogP contribution in [0, 0.1) is 10.1 Å². The standard InChI is InChI=1S/C10H8N4O6S/c15-10(16)8-5-11-12-9(8)21(19,20)13-6-2-1-3-7(4-6)14(17)18/h1-5,13H,(H,11,12)(H,15,16).